The molecule has 4 heterocycles. The molecule has 13 heteroatoms. The van der Waals surface area contributed by atoms with Gasteiger partial charge in [-0.1, -0.05) is 6.82 Å². The van der Waals surface area contributed by atoms with Gasteiger partial charge in [0.15, 0.2) is 23.1 Å². The summed E-state index contributed by atoms with van der Waals surface area (Å²) in [4.78, 5) is 21.2. The van der Waals surface area contributed by atoms with Crippen LogP contribution in [0, 0.1) is 17.0 Å². The summed E-state index contributed by atoms with van der Waals surface area (Å²) in [5.41, 5.74) is 2.77. The van der Waals surface area contributed by atoms with Crippen LogP contribution in [-0.4, -0.2) is 60.7 Å². The van der Waals surface area contributed by atoms with Crippen LogP contribution >= 0.6 is 0 Å². The first kappa shape index (κ1) is 29.2. The third-order valence-electron chi connectivity index (χ3n) is 7.39. The fourth-order valence-electron chi connectivity index (χ4n) is 5.34. The number of allylic oxidation sites excluding steroid dienone is 1. The highest BCUT2D eigenvalue weighted by Gasteiger charge is 2.37. The number of hydrogen-bond acceptors (Lipinski definition) is 7. The van der Waals surface area contributed by atoms with Gasteiger partial charge >= 0.3 is 6.03 Å². The van der Waals surface area contributed by atoms with Crippen LogP contribution in [0.3, 0.4) is 0 Å². The molecule has 1 atom stereocenters. The highest BCUT2D eigenvalue weighted by Crippen LogP contribution is 2.41. The number of anilines is 2. The van der Waals surface area contributed by atoms with Crippen molar-refractivity contribution in [2.75, 3.05) is 30.6 Å². The Kier molecular flexibility index (Phi) is 8.57. The van der Waals surface area contributed by atoms with E-state index >= 15 is 8.78 Å². The molecule has 5 rings (SSSR count). The molecule has 1 fully saturated rings. The summed E-state index contributed by atoms with van der Waals surface area (Å²) in [6, 6.07) is 2.21. The number of methoxy groups -OCH3 is 2. The monoisotopic (exact) mass is 578 g/mol. The zero-order chi connectivity index (χ0) is 30.0. The van der Waals surface area contributed by atoms with Crippen LogP contribution < -0.4 is 19.3 Å². The van der Waals surface area contributed by atoms with Crippen molar-refractivity contribution in [2.24, 2.45) is 0 Å². The summed E-state index contributed by atoms with van der Waals surface area (Å²) in [7, 11) is 3.21. The van der Waals surface area contributed by atoms with Crippen molar-refractivity contribution in [3.05, 3.63) is 65.2 Å². The molecule has 10 nitrogen and oxygen atoms in total. The van der Waals surface area contributed by atoms with Gasteiger partial charge in [0.2, 0.25) is 0 Å². The van der Waals surface area contributed by atoms with Crippen LogP contribution in [0.25, 0.3) is 5.57 Å². The second-order valence-electron chi connectivity index (χ2n) is 10.3. The van der Waals surface area contributed by atoms with Crippen molar-refractivity contribution < 1.29 is 27.8 Å². The maximum atomic E-state index is 15.6. The zero-order valence-electron chi connectivity index (χ0n) is 24.1. The fourth-order valence-corrected chi connectivity index (χ4v) is 5.34. The quantitative estimate of drug-likeness (QED) is 0.275. The molecule has 42 heavy (non-hydrogen) atoms. The molecule has 0 aliphatic carbocycles. The predicted octanol–water partition coefficient (Wildman–Crippen LogP) is 4.76. The molecule has 2 aliphatic rings. The molecule has 0 bridgehead atoms. The van der Waals surface area contributed by atoms with E-state index in [0.29, 0.717) is 42.1 Å². The molecular weight excluding hydrogens is 545 g/mol. The summed E-state index contributed by atoms with van der Waals surface area (Å²) in [5.74, 6) is -0.648. The number of aromatic nitrogens is 3. The van der Waals surface area contributed by atoms with Gasteiger partial charge in [0, 0.05) is 47.5 Å². The summed E-state index contributed by atoms with van der Waals surface area (Å²) in [6.07, 6.45) is 7.15. The SMILES string of the molecule is CB/C=C(\C(C)=N)c1cc2c(cn1)CN(c1c(F)c(OC)cc(OC)c1F)C(=O)N2Cc1cnn(CC2CCCO2)c1. The van der Waals surface area contributed by atoms with E-state index < -0.39 is 23.4 Å². The van der Waals surface area contributed by atoms with Crippen molar-refractivity contribution in [3.63, 3.8) is 0 Å². The number of hydrogen-bond donors (Lipinski definition) is 1. The molecule has 3 aromatic rings. The standard InChI is InChI=1S/C29H33BF2N6O4/c1-17(33)21(10-30-2)22-8-23-19(12-34-22)15-38(28-26(31)24(40-3)9-25(41-4)27(28)32)29(39)37(23)14-18-11-35-36(13-18)16-20-6-5-7-42-20/h8-13,20,30,33H,5-7,14-16H2,1-4H3/b21-10+,33-17?. The van der Waals surface area contributed by atoms with E-state index in [1.165, 1.54) is 19.1 Å². The molecule has 0 spiro atoms. The van der Waals surface area contributed by atoms with Crippen molar-refractivity contribution >= 4 is 36.0 Å². The van der Waals surface area contributed by atoms with Gasteiger partial charge in [-0.2, -0.15) is 5.10 Å². The molecule has 1 N–H and O–H groups in total. The topological polar surface area (TPSA) is 106 Å². The predicted molar refractivity (Wildman–Crippen MR) is 157 cm³/mol. The van der Waals surface area contributed by atoms with E-state index in [9.17, 15) is 4.79 Å². The van der Waals surface area contributed by atoms with Gasteiger partial charge < -0.3 is 19.6 Å². The molecule has 2 aromatic heterocycles. The third-order valence-corrected chi connectivity index (χ3v) is 7.39. The van der Waals surface area contributed by atoms with Crippen LogP contribution in [0.1, 0.15) is 36.6 Å². The number of benzene rings is 1. The molecular formula is C29H33BF2N6O4. The van der Waals surface area contributed by atoms with Gasteiger partial charge in [-0.05, 0) is 25.8 Å². The maximum Gasteiger partial charge on any atom is 0.329 e. The van der Waals surface area contributed by atoms with Crippen molar-refractivity contribution in [3.8, 4) is 11.5 Å². The molecule has 1 aromatic carbocycles. The fraction of sp³-hybridized carbons (Fsp3) is 0.379. The summed E-state index contributed by atoms with van der Waals surface area (Å²) in [6.45, 7) is 4.91. The maximum absolute atomic E-state index is 15.6. The number of carbonyl (C=O) groups is 1. The third kappa shape index (κ3) is 5.60. The number of ether oxygens (including phenoxy) is 3. The lowest BCUT2D eigenvalue weighted by molar-refractivity contribution is 0.0940. The first-order chi connectivity index (χ1) is 20.2. The number of rotatable bonds is 10. The lowest BCUT2D eigenvalue weighted by Gasteiger charge is -2.37. The lowest BCUT2D eigenvalue weighted by atomic mass is 9.79. The number of nitrogens with zero attached hydrogens (tertiary/aromatic N) is 5. The number of pyridine rings is 1. The highest BCUT2D eigenvalue weighted by atomic mass is 19.1. The Morgan fingerprint density at radius 2 is 1.95 bits per heavy atom. The smallest absolute Gasteiger partial charge is 0.329 e. The van der Waals surface area contributed by atoms with Crippen LogP contribution in [-0.2, 0) is 24.4 Å². The minimum atomic E-state index is -1.02. The minimum Gasteiger partial charge on any atom is -0.493 e. The molecule has 0 saturated carbocycles. The Bertz CT molecular complexity index is 1510. The van der Waals surface area contributed by atoms with Crippen molar-refractivity contribution in [2.45, 2.75) is 52.3 Å². The lowest BCUT2D eigenvalue weighted by Crippen LogP contribution is -2.47. The molecule has 0 radical (unpaired) electrons. The van der Waals surface area contributed by atoms with E-state index in [4.69, 9.17) is 19.6 Å². The average Bonchev–Trinajstić information content (AvgIpc) is 3.66. The summed E-state index contributed by atoms with van der Waals surface area (Å²) >= 11 is 0. The summed E-state index contributed by atoms with van der Waals surface area (Å²) in [5, 5.41) is 12.7. The molecule has 2 aliphatic heterocycles. The van der Waals surface area contributed by atoms with Gasteiger partial charge in [0.25, 0.3) is 0 Å². The zero-order valence-corrected chi connectivity index (χ0v) is 24.1. The Labute approximate surface area is 243 Å². The highest BCUT2D eigenvalue weighted by molar-refractivity contribution is 6.45. The van der Waals surface area contributed by atoms with Crippen molar-refractivity contribution in [1.29, 1.82) is 5.41 Å². The molecule has 220 valence electrons. The van der Waals surface area contributed by atoms with E-state index in [1.807, 2.05) is 19.0 Å². The van der Waals surface area contributed by atoms with Gasteiger partial charge in [0.05, 0.1) is 57.5 Å². The minimum absolute atomic E-state index is 0.0814. The largest absolute Gasteiger partial charge is 0.493 e. The van der Waals surface area contributed by atoms with Crippen LogP contribution in [0.15, 0.2) is 36.7 Å². The second kappa shape index (κ2) is 12.3. The Hall–Kier alpha value is -4.26. The van der Waals surface area contributed by atoms with Gasteiger partial charge in [0.1, 0.15) is 13.0 Å². The van der Waals surface area contributed by atoms with Crippen LogP contribution in [0.5, 0.6) is 11.5 Å². The first-order valence-electron chi connectivity index (χ1n) is 13.8. The number of carbonyl (C=O) groups excluding carboxylic acids is 1. The summed E-state index contributed by atoms with van der Waals surface area (Å²) < 4.78 is 48.9. The Balaban J connectivity index is 1.58. The van der Waals surface area contributed by atoms with Crippen LogP contribution in [0.2, 0.25) is 6.82 Å². The number of amides is 2. The van der Waals surface area contributed by atoms with E-state index in [-0.39, 0.29) is 30.7 Å². The number of fused-ring (bicyclic) bond motifs is 1. The van der Waals surface area contributed by atoms with Crippen molar-refractivity contribution in [1.82, 2.24) is 14.8 Å². The Morgan fingerprint density at radius 3 is 2.57 bits per heavy atom. The van der Waals surface area contributed by atoms with Gasteiger partial charge in [-0.25, -0.2) is 13.6 Å². The van der Waals surface area contributed by atoms with E-state index in [2.05, 4.69) is 10.1 Å². The first-order valence-corrected chi connectivity index (χ1v) is 13.8. The molecule has 1 unspecified atom stereocenters. The number of nitrogens with one attached hydrogen (secondary N) is 1. The van der Waals surface area contributed by atoms with Gasteiger partial charge in [-0.3, -0.25) is 19.5 Å². The van der Waals surface area contributed by atoms with Gasteiger partial charge in [-0.15, -0.1) is 5.98 Å². The second-order valence-corrected chi connectivity index (χ2v) is 10.3. The van der Waals surface area contributed by atoms with E-state index in [1.54, 1.807) is 30.1 Å². The number of urea groups is 1. The van der Waals surface area contributed by atoms with E-state index in [0.717, 1.165) is 36.0 Å². The number of halogens is 2. The molecule has 2 amide bonds. The normalized spacial score (nSPS) is 17.0. The molecule has 1 saturated heterocycles. The average molecular weight is 578 g/mol. The Morgan fingerprint density at radius 1 is 1.21 bits per heavy atom. The van der Waals surface area contributed by atoms with Crippen LogP contribution in [0.4, 0.5) is 25.0 Å².